The van der Waals surface area contributed by atoms with Crippen LogP contribution in [0.3, 0.4) is 0 Å². The minimum absolute atomic E-state index is 0.221. The van der Waals surface area contributed by atoms with Gasteiger partial charge in [0.1, 0.15) is 11.6 Å². The van der Waals surface area contributed by atoms with E-state index in [1.54, 1.807) is 24.3 Å². The van der Waals surface area contributed by atoms with Crippen molar-refractivity contribution in [2.75, 3.05) is 23.8 Å². The third-order valence-electron chi connectivity index (χ3n) is 5.22. The van der Waals surface area contributed by atoms with Crippen molar-refractivity contribution in [2.24, 2.45) is 5.73 Å². The number of nitrogens with zero attached hydrogens (tertiary/aromatic N) is 2. The zero-order valence-electron chi connectivity index (χ0n) is 19.8. The molecule has 0 radical (unpaired) electrons. The Balaban J connectivity index is 1.45. The van der Waals surface area contributed by atoms with E-state index in [4.69, 9.17) is 28.6 Å². The molecule has 1 aromatic heterocycles. The largest absolute Gasteiger partial charge is 0.491 e. The molecule has 2 aromatic carbocycles. The molecule has 0 aliphatic carbocycles. The van der Waals surface area contributed by atoms with Crippen LogP contribution in [0.25, 0.3) is 4.85 Å². The molecule has 5 N–H and O–H groups in total. The average molecular weight is 507 g/mol. The topological polar surface area (TPSA) is 123 Å². The Labute approximate surface area is 214 Å². The zero-order valence-corrected chi connectivity index (χ0v) is 20.5. The minimum atomic E-state index is -0.635. The molecule has 0 bridgehead atoms. The van der Waals surface area contributed by atoms with Crippen molar-refractivity contribution in [3.8, 4) is 5.75 Å². The Kier molecular flexibility index (Phi) is 9.63. The number of anilines is 2. The van der Waals surface area contributed by atoms with Crippen molar-refractivity contribution in [2.45, 2.75) is 25.8 Å². The molecule has 0 spiro atoms. The van der Waals surface area contributed by atoms with E-state index in [1.807, 2.05) is 31.2 Å². The quantitative estimate of drug-likeness (QED) is 0.234. The predicted octanol–water partition coefficient (Wildman–Crippen LogP) is 4.69. The molecular formula is C26H27ClN6O3. The first kappa shape index (κ1) is 26.5. The third kappa shape index (κ3) is 7.98. The normalized spacial score (nSPS) is 11.2. The summed E-state index contributed by atoms with van der Waals surface area (Å²) in [6, 6.07) is 14.6. The highest BCUT2D eigenvalue weighted by molar-refractivity contribution is 6.31. The fourth-order valence-corrected chi connectivity index (χ4v) is 3.46. The Hall–Kier alpha value is -4.13. The molecule has 3 aromatic rings. The van der Waals surface area contributed by atoms with Crippen LogP contribution in [0.5, 0.6) is 5.75 Å². The molecule has 186 valence electrons. The molecule has 0 aliphatic rings. The highest BCUT2D eigenvalue weighted by atomic mass is 35.5. The first-order valence-electron chi connectivity index (χ1n) is 11.3. The number of carbonyl (C=O) groups excluding carboxylic acids is 2. The van der Waals surface area contributed by atoms with Gasteiger partial charge in [-0.15, -0.1) is 0 Å². The van der Waals surface area contributed by atoms with Gasteiger partial charge in [0.15, 0.2) is 0 Å². The van der Waals surface area contributed by atoms with Crippen molar-refractivity contribution in [3.63, 3.8) is 0 Å². The van der Waals surface area contributed by atoms with Gasteiger partial charge in [-0.3, -0.25) is 15.1 Å². The van der Waals surface area contributed by atoms with E-state index >= 15 is 0 Å². The Morgan fingerprint density at radius 3 is 2.69 bits per heavy atom. The zero-order chi connectivity index (χ0) is 25.9. The first-order valence-corrected chi connectivity index (χ1v) is 11.6. The summed E-state index contributed by atoms with van der Waals surface area (Å²) in [6.07, 6.45) is 2.37. The Bertz CT molecular complexity index is 1240. The lowest BCUT2D eigenvalue weighted by Gasteiger charge is -2.15. The van der Waals surface area contributed by atoms with Gasteiger partial charge in [0.25, 0.3) is 0 Å². The second kappa shape index (κ2) is 13.1. The number of ether oxygens (including phenoxy) is 1. The highest BCUT2D eigenvalue weighted by Gasteiger charge is 2.15. The number of urea groups is 1. The maximum absolute atomic E-state index is 12.4. The van der Waals surface area contributed by atoms with Gasteiger partial charge < -0.3 is 21.1 Å². The summed E-state index contributed by atoms with van der Waals surface area (Å²) < 4.78 is 5.79. The van der Waals surface area contributed by atoms with Crippen LogP contribution in [0, 0.1) is 13.5 Å². The highest BCUT2D eigenvalue weighted by Crippen LogP contribution is 2.28. The van der Waals surface area contributed by atoms with E-state index < -0.39 is 12.1 Å². The van der Waals surface area contributed by atoms with Crippen molar-refractivity contribution in [1.82, 2.24) is 10.3 Å². The summed E-state index contributed by atoms with van der Waals surface area (Å²) in [6.45, 7) is 9.63. The van der Waals surface area contributed by atoms with Crippen LogP contribution in [0.15, 0.2) is 60.8 Å². The maximum atomic E-state index is 12.4. The number of rotatable bonds is 10. The summed E-state index contributed by atoms with van der Waals surface area (Å²) in [5.74, 6) is 0.496. The van der Waals surface area contributed by atoms with Crippen LogP contribution >= 0.6 is 11.6 Å². The van der Waals surface area contributed by atoms with Crippen LogP contribution in [-0.4, -0.2) is 36.1 Å². The third-order valence-corrected chi connectivity index (χ3v) is 5.46. The SMILES string of the molecule is [C-]#[N+]c1ccc(NC(=O)Nc2cc(Cl)ccc2OCCCNC(=O)C(N)Cc2ccccc2C)nc1. The second-order valence-corrected chi connectivity index (χ2v) is 8.40. The van der Waals surface area contributed by atoms with E-state index in [0.29, 0.717) is 54.0 Å². The molecule has 1 unspecified atom stereocenters. The second-order valence-electron chi connectivity index (χ2n) is 7.96. The minimum Gasteiger partial charge on any atom is -0.491 e. The lowest BCUT2D eigenvalue weighted by Crippen LogP contribution is -2.42. The van der Waals surface area contributed by atoms with E-state index in [-0.39, 0.29) is 5.91 Å². The van der Waals surface area contributed by atoms with Crippen LogP contribution in [0.2, 0.25) is 5.02 Å². The van der Waals surface area contributed by atoms with Crippen molar-refractivity contribution < 1.29 is 14.3 Å². The Morgan fingerprint density at radius 1 is 1.17 bits per heavy atom. The molecule has 0 fully saturated rings. The van der Waals surface area contributed by atoms with Gasteiger partial charge in [-0.1, -0.05) is 41.9 Å². The van der Waals surface area contributed by atoms with E-state index in [0.717, 1.165) is 11.1 Å². The first-order chi connectivity index (χ1) is 17.4. The lowest BCUT2D eigenvalue weighted by atomic mass is 10.0. The van der Waals surface area contributed by atoms with Crippen LogP contribution in [0.4, 0.5) is 22.0 Å². The summed E-state index contributed by atoms with van der Waals surface area (Å²) in [5.41, 5.74) is 8.95. The molecule has 0 saturated heterocycles. The number of carbonyl (C=O) groups is 2. The molecule has 3 amide bonds. The number of aryl methyl sites for hydroxylation is 1. The van der Waals surface area contributed by atoms with E-state index in [9.17, 15) is 9.59 Å². The lowest BCUT2D eigenvalue weighted by molar-refractivity contribution is -0.122. The molecular weight excluding hydrogens is 480 g/mol. The number of nitrogens with two attached hydrogens (primary N) is 1. The van der Waals surface area contributed by atoms with Gasteiger partial charge in [-0.05, 0) is 55.2 Å². The van der Waals surface area contributed by atoms with E-state index in [1.165, 1.54) is 12.3 Å². The van der Waals surface area contributed by atoms with Gasteiger partial charge in [0, 0.05) is 17.8 Å². The monoisotopic (exact) mass is 506 g/mol. The number of pyridine rings is 1. The number of hydrogen-bond acceptors (Lipinski definition) is 5. The van der Waals surface area contributed by atoms with Gasteiger partial charge in [0.2, 0.25) is 11.6 Å². The number of halogens is 1. The molecule has 1 atom stereocenters. The van der Waals surface area contributed by atoms with E-state index in [2.05, 4.69) is 25.8 Å². The molecule has 0 saturated carbocycles. The van der Waals surface area contributed by atoms with Crippen molar-refractivity contribution in [3.05, 3.63) is 88.4 Å². The molecule has 1 heterocycles. The predicted molar refractivity (Wildman–Crippen MR) is 141 cm³/mol. The summed E-state index contributed by atoms with van der Waals surface area (Å²) in [7, 11) is 0. The number of hydrogen-bond donors (Lipinski definition) is 4. The summed E-state index contributed by atoms with van der Waals surface area (Å²) in [4.78, 5) is 32.0. The van der Waals surface area contributed by atoms with Crippen LogP contribution < -0.4 is 26.4 Å². The van der Waals surface area contributed by atoms with Gasteiger partial charge in [-0.2, -0.15) is 0 Å². The molecule has 9 nitrogen and oxygen atoms in total. The number of amides is 3. The van der Waals surface area contributed by atoms with Gasteiger partial charge in [0.05, 0.1) is 24.9 Å². The molecule has 3 rings (SSSR count). The number of benzene rings is 2. The Morgan fingerprint density at radius 2 is 1.97 bits per heavy atom. The van der Waals surface area contributed by atoms with Gasteiger partial charge >= 0.3 is 6.03 Å². The fourth-order valence-electron chi connectivity index (χ4n) is 3.29. The van der Waals surface area contributed by atoms with Gasteiger partial charge in [-0.25, -0.2) is 9.64 Å². The maximum Gasteiger partial charge on any atom is 0.324 e. The van der Waals surface area contributed by atoms with Crippen LogP contribution in [0.1, 0.15) is 17.5 Å². The smallest absolute Gasteiger partial charge is 0.324 e. The summed E-state index contributed by atoms with van der Waals surface area (Å²) >= 11 is 6.08. The van der Waals surface area contributed by atoms with Crippen molar-refractivity contribution >= 4 is 40.7 Å². The van der Waals surface area contributed by atoms with Crippen LogP contribution in [-0.2, 0) is 11.2 Å². The van der Waals surface area contributed by atoms with Crippen molar-refractivity contribution in [1.29, 1.82) is 0 Å². The molecule has 0 aliphatic heterocycles. The summed E-state index contributed by atoms with van der Waals surface area (Å²) in [5, 5.41) is 8.52. The molecule has 36 heavy (non-hydrogen) atoms. The number of nitrogens with one attached hydrogen (secondary N) is 3. The fraction of sp³-hybridized carbons (Fsp3) is 0.231. The standard InChI is InChI=1S/C26H27ClN6O3/c1-17-6-3-4-7-18(17)14-21(28)25(34)30-12-5-13-36-23-10-8-19(27)15-22(23)32-26(35)33-24-11-9-20(29-2)16-31-24/h3-4,6-11,15-16,21H,5,12-14,28H2,1H3,(H,30,34)(H2,31,32,33,35). The average Bonchev–Trinajstić information content (AvgIpc) is 2.86. The number of aromatic nitrogens is 1. The molecule has 10 heteroatoms.